The van der Waals surface area contributed by atoms with E-state index in [0.717, 1.165) is 22.2 Å². The van der Waals surface area contributed by atoms with Gasteiger partial charge in [0.1, 0.15) is 5.49 Å². The second-order valence-corrected chi connectivity index (χ2v) is 4.95. The summed E-state index contributed by atoms with van der Waals surface area (Å²) in [6.45, 7) is 0. The second kappa shape index (κ2) is 5.45. The predicted molar refractivity (Wildman–Crippen MR) is 82.1 cm³/mol. The van der Waals surface area contributed by atoms with Crippen molar-refractivity contribution in [1.29, 1.82) is 0 Å². The summed E-state index contributed by atoms with van der Waals surface area (Å²) in [4.78, 5) is 4.03. The van der Waals surface area contributed by atoms with Crippen LogP contribution < -0.4 is 16.0 Å². The summed E-state index contributed by atoms with van der Waals surface area (Å²) >= 11 is 0. The van der Waals surface area contributed by atoms with Crippen molar-refractivity contribution in [3.63, 3.8) is 0 Å². The molecule has 1 aromatic heterocycles. The van der Waals surface area contributed by atoms with Crippen LogP contribution in [0.4, 0.5) is 10.1 Å². The monoisotopic (exact) mass is 281 g/mol. The molecule has 0 saturated carbocycles. The van der Waals surface area contributed by atoms with E-state index < -0.39 is 6.30 Å². The zero-order valence-electron chi connectivity index (χ0n) is 12.0. The molecule has 0 spiro atoms. The van der Waals surface area contributed by atoms with Gasteiger partial charge in [0.05, 0.1) is 5.69 Å². The fourth-order valence-electron chi connectivity index (χ4n) is 2.31. The van der Waals surface area contributed by atoms with Gasteiger partial charge in [0, 0.05) is 37.0 Å². The lowest BCUT2D eigenvalue weighted by atomic mass is 10.2. The summed E-state index contributed by atoms with van der Waals surface area (Å²) in [5.41, 5.74) is 3.50. The predicted octanol–water partition coefficient (Wildman–Crippen LogP) is 1.57. The van der Waals surface area contributed by atoms with Crippen molar-refractivity contribution >= 4 is 11.8 Å². The van der Waals surface area contributed by atoms with Gasteiger partial charge in [-0.15, -0.1) is 0 Å². The molecule has 0 radical (unpaired) electrons. The first kappa shape index (κ1) is 13.4. The quantitative estimate of drug-likeness (QED) is 0.624. The summed E-state index contributed by atoms with van der Waals surface area (Å²) < 4.78 is 15.2. The zero-order valence-corrected chi connectivity index (χ0v) is 12.0. The number of nitrogens with zero attached hydrogens (tertiary/aromatic N) is 2. The van der Waals surface area contributed by atoms with Crippen molar-refractivity contribution in [3.05, 3.63) is 52.3 Å². The third-order valence-electron chi connectivity index (χ3n) is 3.53. The Morgan fingerprint density at radius 1 is 1.29 bits per heavy atom. The maximum Gasteiger partial charge on any atom is 0.195 e. The van der Waals surface area contributed by atoms with E-state index in [1.54, 1.807) is 0 Å². The Balaban J connectivity index is 1.97. The van der Waals surface area contributed by atoms with Crippen LogP contribution in [0, 0.1) is 11.8 Å². The third-order valence-corrected chi connectivity index (χ3v) is 3.53. The molecule has 0 saturated heterocycles. The van der Waals surface area contributed by atoms with E-state index in [1.165, 1.54) is 0 Å². The van der Waals surface area contributed by atoms with Crippen LogP contribution in [0.25, 0.3) is 6.08 Å². The summed E-state index contributed by atoms with van der Waals surface area (Å²) in [6, 6.07) is 9.86. The highest BCUT2D eigenvalue weighted by Crippen LogP contribution is 2.07. The first-order valence-electron chi connectivity index (χ1n) is 6.85. The van der Waals surface area contributed by atoms with Crippen molar-refractivity contribution < 1.29 is 4.39 Å². The van der Waals surface area contributed by atoms with Crippen LogP contribution in [-0.2, 0) is 7.05 Å². The molecule has 1 N–H and O–H groups in total. The molecular formula is C17H16FN3. The van der Waals surface area contributed by atoms with Gasteiger partial charge in [-0.3, -0.25) is 0 Å². The minimum atomic E-state index is -1.14. The van der Waals surface area contributed by atoms with Crippen LogP contribution >= 0.6 is 0 Å². The number of aromatic nitrogens is 1. The number of anilines is 1. The van der Waals surface area contributed by atoms with E-state index in [4.69, 9.17) is 0 Å². The Labute approximate surface area is 122 Å². The summed E-state index contributed by atoms with van der Waals surface area (Å²) in [6.07, 6.45) is 1.08. The Kier molecular flexibility index (Phi) is 3.49. The Morgan fingerprint density at radius 3 is 2.76 bits per heavy atom. The van der Waals surface area contributed by atoms with Gasteiger partial charge in [0.15, 0.2) is 6.30 Å². The van der Waals surface area contributed by atoms with Gasteiger partial charge >= 0.3 is 0 Å². The average molecular weight is 281 g/mol. The number of halogens is 1. The Morgan fingerprint density at radius 2 is 2.05 bits per heavy atom. The molecule has 1 aromatic carbocycles. The first-order chi connectivity index (χ1) is 10.2. The standard InChI is InChI=1S/C17H16FN3/c1-19-14-7-3-12(4-8-14)5-9-15-11-13-6-10-16(18)20-17(13)21(15)2/h3-4,6-8,11,16,19H,10H2,1-2H3. The van der Waals surface area contributed by atoms with Crippen molar-refractivity contribution in [1.82, 2.24) is 4.57 Å². The van der Waals surface area contributed by atoms with Gasteiger partial charge in [0.2, 0.25) is 0 Å². The van der Waals surface area contributed by atoms with Crippen molar-refractivity contribution in [2.24, 2.45) is 12.0 Å². The average Bonchev–Trinajstić information content (AvgIpc) is 2.82. The van der Waals surface area contributed by atoms with E-state index in [-0.39, 0.29) is 0 Å². The molecule has 106 valence electrons. The largest absolute Gasteiger partial charge is 0.388 e. The molecule has 1 atom stereocenters. The molecule has 4 heteroatoms. The lowest BCUT2D eigenvalue weighted by molar-refractivity contribution is 0.342. The fourth-order valence-corrected chi connectivity index (χ4v) is 2.31. The number of hydrogen-bond acceptors (Lipinski definition) is 2. The molecule has 3 rings (SSSR count). The number of hydrogen-bond donors (Lipinski definition) is 1. The second-order valence-electron chi connectivity index (χ2n) is 4.95. The van der Waals surface area contributed by atoms with Crippen LogP contribution in [0.1, 0.15) is 17.7 Å². The lowest BCUT2D eigenvalue weighted by Crippen LogP contribution is -2.32. The molecule has 1 unspecified atom stereocenters. The molecule has 1 aliphatic heterocycles. The Bertz CT molecular complexity index is 835. The van der Waals surface area contributed by atoms with Crippen LogP contribution in [0.3, 0.4) is 0 Å². The molecule has 2 heterocycles. The number of nitrogens with one attached hydrogen (secondary N) is 1. The minimum Gasteiger partial charge on any atom is -0.388 e. The molecule has 0 bridgehead atoms. The SMILES string of the molecule is CNc1ccc(C#Cc2cc3c(n2C)=NC(F)CC=3)cc1. The molecule has 0 fully saturated rings. The lowest BCUT2D eigenvalue weighted by Gasteiger charge is -2.02. The summed E-state index contributed by atoms with van der Waals surface area (Å²) in [7, 11) is 3.75. The highest BCUT2D eigenvalue weighted by atomic mass is 19.1. The number of benzene rings is 1. The first-order valence-corrected chi connectivity index (χ1v) is 6.85. The van der Waals surface area contributed by atoms with Crippen molar-refractivity contribution in [2.75, 3.05) is 12.4 Å². The van der Waals surface area contributed by atoms with Gasteiger partial charge in [0.25, 0.3) is 0 Å². The van der Waals surface area contributed by atoms with E-state index in [0.29, 0.717) is 11.9 Å². The summed E-state index contributed by atoms with van der Waals surface area (Å²) in [5.74, 6) is 6.25. The highest BCUT2D eigenvalue weighted by molar-refractivity contribution is 5.49. The molecular weight excluding hydrogens is 265 g/mol. The summed E-state index contributed by atoms with van der Waals surface area (Å²) in [5, 5.41) is 4.03. The van der Waals surface area contributed by atoms with Gasteiger partial charge < -0.3 is 9.88 Å². The zero-order chi connectivity index (χ0) is 14.8. The number of fused-ring (bicyclic) bond motifs is 1. The van der Waals surface area contributed by atoms with Gasteiger partial charge in [-0.1, -0.05) is 12.0 Å². The number of alkyl halides is 1. The molecule has 0 amide bonds. The van der Waals surface area contributed by atoms with Crippen molar-refractivity contribution in [3.8, 4) is 11.8 Å². The smallest absolute Gasteiger partial charge is 0.195 e. The highest BCUT2D eigenvalue weighted by Gasteiger charge is 2.10. The Hall–Kier alpha value is -2.54. The van der Waals surface area contributed by atoms with Crippen LogP contribution in [0.2, 0.25) is 0 Å². The normalized spacial score (nSPS) is 16.0. The van der Waals surface area contributed by atoms with Gasteiger partial charge in [-0.05, 0) is 36.3 Å². The van der Waals surface area contributed by atoms with Crippen LogP contribution in [-0.4, -0.2) is 17.9 Å². The minimum absolute atomic E-state index is 0.343. The van der Waals surface area contributed by atoms with E-state index in [1.807, 2.05) is 55.1 Å². The molecule has 2 aromatic rings. The molecule has 3 nitrogen and oxygen atoms in total. The maximum absolute atomic E-state index is 13.3. The maximum atomic E-state index is 13.3. The van der Waals surface area contributed by atoms with E-state index in [9.17, 15) is 4.39 Å². The van der Waals surface area contributed by atoms with Crippen molar-refractivity contribution in [2.45, 2.75) is 12.7 Å². The van der Waals surface area contributed by atoms with Gasteiger partial charge in [-0.2, -0.15) is 0 Å². The topological polar surface area (TPSA) is 29.3 Å². The number of rotatable bonds is 1. The molecule has 21 heavy (non-hydrogen) atoms. The van der Waals surface area contributed by atoms with E-state index in [2.05, 4.69) is 22.2 Å². The third kappa shape index (κ3) is 2.68. The van der Waals surface area contributed by atoms with E-state index >= 15 is 0 Å². The molecule has 1 aliphatic rings. The fraction of sp³-hybridized carbons (Fsp3) is 0.235. The molecule has 0 aliphatic carbocycles. The van der Waals surface area contributed by atoms with Gasteiger partial charge in [-0.25, -0.2) is 9.38 Å². The van der Waals surface area contributed by atoms with Crippen LogP contribution in [0.15, 0.2) is 35.3 Å². The van der Waals surface area contributed by atoms with Crippen LogP contribution in [0.5, 0.6) is 0 Å².